The number of hydrogen-bond acceptors (Lipinski definition) is 6. The number of aromatic nitrogens is 3. The third-order valence-electron chi connectivity index (χ3n) is 2.01. The van der Waals surface area contributed by atoms with Crippen LogP contribution in [0.5, 0.6) is 0 Å². The molecule has 1 amide bonds. The van der Waals surface area contributed by atoms with E-state index >= 15 is 0 Å². The van der Waals surface area contributed by atoms with E-state index in [9.17, 15) is 4.79 Å². The molecular formula is C7H11N5O2S. The highest BCUT2D eigenvalue weighted by Gasteiger charge is 2.23. The third kappa shape index (κ3) is 2.14. The maximum Gasteiger partial charge on any atom is 0.407 e. The van der Waals surface area contributed by atoms with E-state index < -0.39 is 0 Å². The molecule has 7 nitrogen and oxygen atoms in total. The van der Waals surface area contributed by atoms with Crippen molar-refractivity contribution >= 4 is 23.8 Å². The van der Waals surface area contributed by atoms with Gasteiger partial charge in [-0.3, -0.25) is 4.57 Å². The minimum absolute atomic E-state index is 0.111. The summed E-state index contributed by atoms with van der Waals surface area (Å²) < 4.78 is 6.66. The van der Waals surface area contributed by atoms with Crippen molar-refractivity contribution in [2.24, 2.45) is 7.05 Å². The molecule has 3 N–H and O–H groups in total. The van der Waals surface area contributed by atoms with Gasteiger partial charge in [-0.05, 0) is 0 Å². The number of nitrogens with one attached hydrogen (secondary N) is 1. The molecule has 1 aromatic heterocycles. The van der Waals surface area contributed by atoms with Crippen LogP contribution >= 0.6 is 11.8 Å². The number of carbonyl (C=O) groups excluding carboxylic acids is 1. The second kappa shape index (κ2) is 3.97. The smallest absolute Gasteiger partial charge is 0.407 e. The van der Waals surface area contributed by atoms with E-state index in [0.717, 1.165) is 5.16 Å². The van der Waals surface area contributed by atoms with Crippen molar-refractivity contribution in [3.63, 3.8) is 0 Å². The van der Waals surface area contributed by atoms with Crippen molar-refractivity contribution < 1.29 is 9.53 Å². The SMILES string of the molecule is Cn1c(N)nnc1SCC1CNC(=O)O1. The van der Waals surface area contributed by atoms with Gasteiger partial charge in [0.05, 0.1) is 6.54 Å². The number of nitrogen functional groups attached to an aromatic ring is 1. The molecule has 1 aliphatic rings. The Balaban J connectivity index is 1.88. The number of anilines is 1. The number of alkyl carbamates (subject to hydrolysis) is 1. The normalized spacial score (nSPS) is 20.1. The maximum atomic E-state index is 10.7. The van der Waals surface area contributed by atoms with Crippen LogP contribution in [-0.2, 0) is 11.8 Å². The number of amides is 1. The molecule has 1 unspecified atom stereocenters. The minimum atomic E-state index is -0.363. The van der Waals surface area contributed by atoms with Crippen LogP contribution in [0, 0.1) is 0 Å². The van der Waals surface area contributed by atoms with Gasteiger partial charge in [-0.25, -0.2) is 4.79 Å². The molecule has 0 bridgehead atoms. The van der Waals surface area contributed by atoms with Gasteiger partial charge in [0.2, 0.25) is 5.95 Å². The molecule has 0 aliphatic carbocycles. The van der Waals surface area contributed by atoms with Crippen LogP contribution in [0.4, 0.5) is 10.7 Å². The summed E-state index contributed by atoms with van der Waals surface area (Å²) in [5, 5.41) is 10.9. The summed E-state index contributed by atoms with van der Waals surface area (Å²) in [6, 6.07) is 0. The van der Waals surface area contributed by atoms with Gasteiger partial charge in [0.25, 0.3) is 0 Å². The van der Waals surface area contributed by atoms with Gasteiger partial charge >= 0.3 is 6.09 Å². The van der Waals surface area contributed by atoms with E-state index in [4.69, 9.17) is 10.5 Å². The van der Waals surface area contributed by atoms with Crippen LogP contribution in [0.3, 0.4) is 0 Å². The van der Waals surface area contributed by atoms with Gasteiger partial charge in [0, 0.05) is 12.8 Å². The Kier molecular flexibility index (Phi) is 2.67. The Morgan fingerprint density at radius 1 is 1.73 bits per heavy atom. The van der Waals surface area contributed by atoms with Crippen molar-refractivity contribution in [1.82, 2.24) is 20.1 Å². The first-order chi connectivity index (χ1) is 7.16. The highest BCUT2D eigenvalue weighted by Crippen LogP contribution is 2.19. The molecule has 1 aromatic rings. The van der Waals surface area contributed by atoms with Crippen LogP contribution in [-0.4, -0.2) is 39.3 Å². The van der Waals surface area contributed by atoms with Crippen molar-refractivity contribution in [3.8, 4) is 0 Å². The topological polar surface area (TPSA) is 95.1 Å². The standard InChI is InChI=1S/C7H11N5O2S/c1-12-5(8)10-11-6(12)15-3-4-2-9-7(13)14-4/h4H,2-3H2,1H3,(H2,8,10)(H,9,13). The molecule has 82 valence electrons. The molecule has 0 saturated carbocycles. The number of nitrogens with two attached hydrogens (primary N) is 1. The molecule has 1 atom stereocenters. The Morgan fingerprint density at radius 2 is 2.53 bits per heavy atom. The van der Waals surface area contributed by atoms with Crippen LogP contribution in [0.1, 0.15) is 0 Å². The van der Waals surface area contributed by atoms with Crippen LogP contribution < -0.4 is 11.1 Å². The summed E-state index contributed by atoms with van der Waals surface area (Å²) in [6.45, 7) is 0.541. The molecule has 1 fully saturated rings. The van der Waals surface area contributed by atoms with Gasteiger partial charge in [0.1, 0.15) is 6.10 Å². The van der Waals surface area contributed by atoms with E-state index in [2.05, 4.69) is 15.5 Å². The highest BCUT2D eigenvalue weighted by molar-refractivity contribution is 7.99. The largest absolute Gasteiger partial charge is 0.443 e. The average molecular weight is 229 g/mol. The van der Waals surface area contributed by atoms with Crippen molar-refractivity contribution in [2.75, 3.05) is 18.0 Å². The fraction of sp³-hybridized carbons (Fsp3) is 0.571. The number of nitrogens with zero attached hydrogens (tertiary/aromatic N) is 3. The number of carbonyl (C=O) groups is 1. The second-order valence-corrected chi connectivity index (χ2v) is 4.11. The quantitative estimate of drug-likeness (QED) is 0.685. The number of cyclic esters (lactones) is 1. The second-order valence-electron chi connectivity index (χ2n) is 3.12. The van der Waals surface area contributed by atoms with Gasteiger partial charge in [-0.1, -0.05) is 11.8 Å². The summed E-state index contributed by atoms with van der Waals surface area (Å²) in [5.74, 6) is 1.02. The summed E-state index contributed by atoms with van der Waals surface area (Å²) in [6.07, 6.45) is -0.474. The predicted octanol–water partition coefficient (Wildman–Crippen LogP) is -0.402. The zero-order valence-electron chi connectivity index (χ0n) is 8.14. The van der Waals surface area contributed by atoms with E-state index in [0.29, 0.717) is 18.2 Å². The molecule has 15 heavy (non-hydrogen) atoms. The Labute approximate surface area is 90.4 Å². The van der Waals surface area contributed by atoms with Crippen LogP contribution in [0.2, 0.25) is 0 Å². The number of hydrogen-bond donors (Lipinski definition) is 2. The summed E-state index contributed by atoms with van der Waals surface area (Å²) in [7, 11) is 1.79. The summed E-state index contributed by atoms with van der Waals surface area (Å²) in [5.41, 5.74) is 5.52. The maximum absolute atomic E-state index is 10.7. The molecule has 8 heteroatoms. The van der Waals surface area contributed by atoms with Crippen LogP contribution in [0.25, 0.3) is 0 Å². The third-order valence-corrected chi connectivity index (χ3v) is 3.17. The Bertz CT molecular complexity index is 379. The van der Waals surface area contributed by atoms with Gasteiger partial charge < -0.3 is 15.8 Å². The average Bonchev–Trinajstić information content (AvgIpc) is 2.74. The molecule has 0 spiro atoms. The lowest BCUT2D eigenvalue weighted by atomic mass is 10.4. The first-order valence-corrected chi connectivity index (χ1v) is 5.37. The van der Waals surface area contributed by atoms with Gasteiger partial charge in [-0.2, -0.15) is 0 Å². The van der Waals surface area contributed by atoms with E-state index in [1.165, 1.54) is 11.8 Å². The molecule has 1 saturated heterocycles. The number of thioether (sulfide) groups is 1. The van der Waals surface area contributed by atoms with E-state index in [-0.39, 0.29) is 12.2 Å². The zero-order valence-corrected chi connectivity index (χ0v) is 8.95. The Hall–Kier alpha value is -1.44. The molecule has 0 aromatic carbocycles. The minimum Gasteiger partial charge on any atom is -0.443 e. The van der Waals surface area contributed by atoms with E-state index in [1.54, 1.807) is 11.6 Å². The van der Waals surface area contributed by atoms with E-state index in [1.807, 2.05) is 0 Å². The zero-order chi connectivity index (χ0) is 10.8. The number of rotatable bonds is 3. The summed E-state index contributed by atoms with van der Waals surface area (Å²) >= 11 is 1.46. The molecule has 2 rings (SSSR count). The molecule has 2 heterocycles. The first-order valence-electron chi connectivity index (χ1n) is 4.39. The lowest BCUT2D eigenvalue weighted by Gasteiger charge is -2.06. The Morgan fingerprint density at radius 3 is 3.07 bits per heavy atom. The highest BCUT2D eigenvalue weighted by atomic mass is 32.2. The van der Waals surface area contributed by atoms with Crippen molar-refractivity contribution in [2.45, 2.75) is 11.3 Å². The van der Waals surface area contributed by atoms with Crippen molar-refractivity contribution in [1.29, 1.82) is 0 Å². The van der Waals surface area contributed by atoms with Crippen molar-refractivity contribution in [3.05, 3.63) is 0 Å². The van der Waals surface area contributed by atoms with Gasteiger partial charge in [0.15, 0.2) is 5.16 Å². The lowest BCUT2D eigenvalue weighted by molar-refractivity contribution is 0.150. The fourth-order valence-corrected chi connectivity index (χ4v) is 2.05. The van der Waals surface area contributed by atoms with Gasteiger partial charge in [-0.15, -0.1) is 10.2 Å². The fourth-order valence-electron chi connectivity index (χ4n) is 1.14. The molecular weight excluding hydrogens is 218 g/mol. The first kappa shape index (κ1) is 10.1. The monoisotopic (exact) mass is 229 g/mol. The predicted molar refractivity (Wildman–Crippen MR) is 54.4 cm³/mol. The number of ether oxygens (including phenoxy) is 1. The molecule has 1 aliphatic heterocycles. The summed E-state index contributed by atoms with van der Waals surface area (Å²) in [4.78, 5) is 10.7. The lowest BCUT2D eigenvalue weighted by Crippen LogP contribution is -2.17. The van der Waals surface area contributed by atoms with Crippen LogP contribution in [0.15, 0.2) is 5.16 Å². The molecule has 0 radical (unpaired) electrons.